The third-order valence-electron chi connectivity index (χ3n) is 4.77. The molecule has 9 heteroatoms. The van der Waals surface area contributed by atoms with Crippen LogP contribution in [-0.2, 0) is 20.9 Å². The maximum atomic E-state index is 9.55. The summed E-state index contributed by atoms with van der Waals surface area (Å²) in [5.74, 6) is -1.42. The molecule has 9 nitrogen and oxygen atoms in total. The van der Waals surface area contributed by atoms with Gasteiger partial charge in [-0.15, -0.1) is 0 Å². The molecule has 2 N–H and O–H groups in total. The van der Waals surface area contributed by atoms with Gasteiger partial charge in [-0.3, -0.25) is 0 Å². The Labute approximate surface area is 176 Å². The number of nitrogens with zero attached hydrogens (tertiary/aromatic N) is 4. The first kappa shape index (κ1) is 23.4. The van der Waals surface area contributed by atoms with Crippen LogP contribution in [0.1, 0.15) is 13.8 Å². The van der Waals surface area contributed by atoms with Crippen LogP contribution < -0.4 is 4.90 Å². The van der Waals surface area contributed by atoms with E-state index in [1.54, 1.807) is 0 Å². The topological polar surface area (TPSA) is 108 Å². The van der Waals surface area contributed by atoms with Crippen molar-refractivity contribution in [1.82, 2.24) is 14.5 Å². The summed E-state index contributed by atoms with van der Waals surface area (Å²) in [7, 11) is 0. The molecule has 1 aliphatic heterocycles. The van der Waals surface area contributed by atoms with E-state index in [0.29, 0.717) is 12.2 Å². The van der Waals surface area contributed by atoms with Gasteiger partial charge in [0.25, 0.3) is 0 Å². The fourth-order valence-corrected chi connectivity index (χ4v) is 3.23. The lowest BCUT2D eigenvalue weighted by Crippen LogP contribution is -2.47. The second-order valence-corrected chi connectivity index (χ2v) is 6.68. The first-order valence-corrected chi connectivity index (χ1v) is 10.1. The monoisotopic (exact) mass is 418 g/mol. The van der Waals surface area contributed by atoms with E-state index in [4.69, 9.17) is 19.9 Å². The van der Waals surface area contributed by atoms with Crippen molar-refractivity contribution in [3.63, 3.8) is 0 Å². The summed E-state index contributed by atoms with van der Waals surface area (Å²) in [6.45, 7) is 12.1. The quantitative estimate of drug-likeness (QED) is 0.495. The third kappa shape index (κ3) is 6.85. The van der Waals surface area contributed by atoms with E-state index in [-0.39, 0.29) is 0 Å². The molecule has 0 atom stereocenters. The normalized spacial score (nSPS) is 14.7. The molecule has 2 aromatic rings. The van der Waals surface area contributed by atoms with Crippen LogP contribution in [0.4, 0.5) is 5.95 Å². The Bertz CT molecular complexity index is 840. The summed E-state index contributed by atoms with van der Waals surface area (Å²) in [6.07, 6.45) is 1.12. The molecule has 0 spiro atoms. The highest BCUT2D eigenvalue weighted by molar-refractivity contribution is 5.89. The molecule has 0 saturated carbocycles. The number of rotatable bonds is 8. The van der Waals surface area contributed by atoms with Gasteiger partial charge in [0.1, 0.15) is 0 Å². The zero-order valence-corrected chi connectivity index (χ0v) is 17.5. The lowest BCUT2D eigenvalue weighted by atomic mass is 10.3. The van der Waals surface area contributed by atoms with Gasteiger partial charge in [-0.1, -0.05) is 19.1 Å². The SMILES string of the molecule is CCOCCn1c(N2CCN(CC)CC2)nc2ccccc21.O=C(O)/C=C/C(=O)O. The van der Waals surface area contributed by atoms with Crippen molar-refractivity contribution < 1.29 is 24.5 Å². The smallest absolute Gasteiger partial charge is 0.328 e. The summed E-state index contributed by atoms with van der Waals surface area (Å²) in [5.41, 5.74) is 2.28. The van der Waals surface area contributed by atoms with Gasteiger partial charge in [-0.2, -0.15) is 0 Å². The molecule has 3 rings (SSSR count). The molecule has 0 bridgehead atoms. The Balaban J connectivity index is 0.000000343. The number of fused-ring (bicyclic) bond motifs is 1. The number of carbonyl (C=O) groups is 2. The summed E-state index contributed by atoms with van der Waals surface area (Å²) >= 11 is 0. The van der Waals surface area contributed by atoms with Gasteiger partial charge in [0.05, 0.1) is 17.6 Å². The maximum Gasteiger partial charge on any atom is 0.328 e. The van der Waals surface area contributed by atoms with Gasteiger partial charge in [-0.05, 0) is 25.6 Å². The molecule has 30 heavy (non-hydrogen) atoms. The van der Waals surface area contributed by atoms with Gasteiger partial charge in [0.2, 0.25) is 5.95 Å². The van der Waals surface area contributed by atoms with E-state index in [9.17, 15) is 9.59 Å². The number of hydrogen-bond donors (Lipinski definition) is 2. The average molecular weight is 418 g/mol. The number of likely N-dealkylation sites (N-methyl/N-ethyl adjacent to an activating group) is 1. The number of anilines is 1. The Kier molecular flexibility index (Phi) is 9.30. The summed E-state index contributed by atoms with van der Waals surface area (Å²) < 4.78 is 7.87. The van der Waals surface area contributed by atoms with E-state index < -0.39 is 11.9 Å². The number of benzene rings is 1. The Morgan fingerprint density at radius 2 is 1.70 bits per heavy atom. The maximum absolute atomic E-state index is 9.55. The molecule has 1 aliphatic rings. The molecular weight excluding hydrogens is 388 g/mol. The highest BCUT2D eigenvalue weighted by Crippen LogP contribution is 2.23. The highest BCUT2D eigenvalue weighted by atomic mass is 16.5. The number of aromatic nitrogens is 2. The third-order valence-corrected chi connectivity index (χ3v) is 4.77. The second kappa shape index (κ2) is 11.9. The minimum Gasteiger partial charge on any atom is -0.478 e. The second-order valence-electron chi connectivity index (χ2n) is 6.68. The first-order chi connectivity index (χ1) is 14.5. The summed E-state index contributed by atoms with van der Waals surface area (Å²) in [5, 5.41) is 15.6. The van der Waals surface area contributed by atoms with E-state index in [2.05, 4.69) is 45.6 Å². The number of ether oxygens (including phenoxy) is 1. The number of para-hydroxylation sites is 2. The van der Waals surface area contributed by atoms with Gasteiger partial charge >= 0.3 is 11.9 Å². The van der Waals surface area contributed by atoms with E-state index in [0.717, 1.165) is 63.9 Å². The Morgan fingerprint density at radius 3 is 2.27 bits per heavy atom. The number of aliphatic carboxylic acids is 2. The van der Waals surface area contributed by atoms with Crippen LogP contribution in [-0.4, -0.2) is 82.5 Å². The summed E-state index contributed by atoms with van der Waals surface area (Å²) in [6, 6.07) is 8.39. The largest absolute Gasteiger partial charge is 0.478 e. The lowest BCUT2D eigenvalue weighted by Gasteiger charge is -2.34. The average Bonchev–Trinajstić information content (AvgIpc) is 3.12. The van der Waals surface area contributed by atoms with Crippen molar-refractivity contribution in [3.05, 3.63) is 36.4 Å². The zero-order chi connectivity index (χ0) is 21.9. The van der Waals surface area contributed by atoms with Gasteiger partial charge < -0.3 is 29.3 Å². The minimum atomic E-state index is -1.26. The molecule has 0 radical (unpaired) electrons. The highest BCUT2D eigenvalue weighted by Gasteiger charge is 2.21. The van der Waals surface area contributed by atoms with E-state index >= 15 is 0 Å². The number of carboxylic acids is 2. The van der Waals surface area contributed by atoms with E-state index in [1.165, 1.54) is 5.52 Å². The van der Waals surface area contributed by atoms with Crippen molar-refractivity contribution in [2.24, 2.45) is 0 Å². The van der Waals surface area contributed by atoms with E-state index in [1.807, 2.05) is 6.92 Å². The van der Waals surface area contributed by atoms with Crippen LogP contribution in [0.5, 0.6) is 0 Å². The zero-order valence-electron chi connectivity index (χ0n) is 17.5. The van der Waals surface area contributed by atoms with Crippen molar-refractivity contribution in [2.75, 3.05) is 50.8 Å². The predicted molar refractivity (Wildman–Crippen MR) is 115 cm³/mol. The number of piperazine rings is 1. The van der Waals surface area contributed by atoms with Crippen molar-refractivity contribution in [3.8, 4) is 0 Å². The molecule has 0 amide bonds. The molecule has 1 saturated heterocycles. The Hall–Kier alpha value is -2.91. The van der Waals surface area contributed by atoms with Crippen LogP contribution >= 0.6 is 0 Å². The van der Waals surface area contributed by atoms with Crippen LogP contribution in [0.15, 0.2) is 36.4 Å². The minimum absolute atomic E-state index is 0.558. The van der Waals surface area contributed by atoms with Crippen LogP contribution in [0, 0.1) is 0 Å². The molecular formula is C21H30N4O5. The number of hydrogen-bond acceptors (Lipinski definition) is 6. The standard InChI is InChI=1S/C17H26N4O.C4H4O4/c1-3-19-9-11-20(12-10-19)17-18-15-7-5-6-8-16(15)21(17)13-14-22-4-2;5-3(6)1-2-4(7)8/h5-8H,3-4,9-14H2,1-2H3;1-2H,(H,5,6)(H,7,8)/b;2-1+. The van der Waals surface area contributed by atoms with Gasteiger partial charge in [0.15, 0.2) is 0 Å². The van der Waals surface area contributed by atoms with Crippen molar-refractivity contribution in [1.29, 1.82) is 0 Å². The molecule has 164 valence electrons. The number of carboxylic acid groups (broad SMARTS) is 2. The van der Waals surface area contributed by atoms with Crippen molar-refractivity contribution >= 4 is 28.9 Å². The molecule has 1 aromatic carbocycles. The fourth-order valence-electron chi connectivity index (χ4n) is 3.23. The molecule has 2 heterocycles. The summed E-state index contributed by atoms with van der Waals surface area (Å²) in [4.78, 5) is 28.9. The molecule has 1 aromatic heterocycles. The molecule has 1 fully saturated rings. The number of imidazole rings is 1. The van der Waals surface area contributed by atoms with Gasteiger partial charge in [-0.25, -0.2) is 14.6 Å². The predicted octanol–water partition coefficient (Wildman–Crippen LogP) is 1.93. The Morgan fingerprint density at radius 1 is 1.07 bits per heavy atom. The van der Waals surface area contributed by atoms with Crippen LogP contribution in [0.3, 0.4) is 0 Å². The van der Waals surface area contributed by atoms with Gasteiger partial charge in [0, 0.05) is 51.5 Å². The first-order valence-electron chi connectivity index (χ1n) is 10.1. The lowest BCUT2D eigenvalue weighted by molar-refractivity contribution is -0.134. The van der Waals surface area contributed by atoms with Crippen LogP contribution in [0.25, 0.3) is 11.0 Å². The van der Waals surface area contributed by atoms with Crippen LogP contribution in [0.2, 0.25) is 0 Å². The molecule has 0 unspecified atom stereocenters. The molecule has 0 aliphatic carbocycles. The fraction of sp³-hybridized carbons (Fsp3) is 0.476. The van der Waals surface area contributed by atoms with Crippen molar-refractivity contribution in [2.45, 2.75) is 20.4 Å².